The SMILES string of the molecule is CCOc1ccc(NC(=O)CSc2nnc3n(CC(=O)O)c4ccccc4n23)cc1. The summed E-state index contributed by atoms with van der Waals surface area (Å²) in [5.41, 5.74) is 2.20. The van der Waals surface area contributed by atoms with E-state index < -0.39 is 5.97 Å². The number of carboxylic acids is 1. The molecule has 0 saturated carbocycles. The minimum Gasteiger partial charge on any atom is -0.494 e. The Kier molecular flexibility index (Phi) is 5.57. The smallest absolute Gasteiger partial charge is 0.323 e. The molecule has 10 heteroatoms. The monoisotopic (exact) mass is 425 g/mol. The van der Waals surface area contributed by atoms with Gasteiger partial charge >= 0.3 is 5.97 Å². The van der Waals surface area contributed by atoms with E-state index in [1.165, 1.54) is 11.8 Å². The number of aliphatic carboxylic acids is 1. The van der Waals surface area contributed by atoms with Crippen molar-refractivity contribution in [2.24, 2.45) is 0 Å². The molecule has 0 radical (unpaired) electrons. The fourth-order valence-corrected chi connectivity index (χ4v) is 3.89. The van der Waals surface area contributed by atoms with E-state index in [0.29, 0.717) is 23.2 Å². The number of hydrogen-bond acceptors (Lipinski definition) is 6. The molecule has 0 fully saturated rings. The number of carboxylic acid groups (broad SMARTS) is 1. The fraction of sp³-hybridized carbons (Fsp3) is 0.200. The lowest BCUT2D eigenvalue weighted by molar-refractivity contribution is -0.137. The predicted octanol–water partition coefficient (Wildman–Crippen LogP) is 2.90. The van der Waals surface area contributed by atoms with Gasteiger partial charge in [0.25, 0.3) is 0 Å². The van der Waals surface area contributed by atoms with Gasteiger partial charge in [0.1, 0.15) is 12.3 Å². The minimum absolute atomic E-state index is 0.131. The lowest BCUT2D eigenvalue weighted by atomic mass is 10.3. The number of anilines is 1. The number of benzene rings is 2. The molecule has 2 aromatic heterocycles. The van der Waals surface area contributed by atoms with Gasteiger partial charge in [0.2, 0.25) is 11.7 Å². The number of fused-ring (bicyclic) bond motifs is 3. The zero-order valence-electron chi connectivity index (χ0n) is 16.1. The van der Waals surface area contributed by atoms with Gasteiger partial charge < -0.3 is 15.2 Å². The second-order valence-electron chi connectivity index (χ2n) is 6.38. The summed E-state index contributed by atoms with van der Waals surface area (Å²) in [6.07, 6.45) is 0. The number of amides is 1. The molecule has 0 aliphatic carbocycles. The van der Waals surface area contributed by atoms with E-state index >= 15 is 0 Å². The molecule has 2 heterocycles. The Bertz CT molecular complexity index is 1220. The molecule has 0 spiro atoms. The van der Waals surface area contributed by atoms with Crippen molar-refractivity contribution >= 4 is 46.1 Å². The molecule has 9 nitrogen and oxygen atoms in total. The summed E-state index contributed by atoms with van der Waals surface area (Å²) >= 11 is 1.23. The van der Waals surface area contributed by atoms with Crippen LogP contribution < -0.4 is 10.1 Å². The molecule has 0 saturated heterocycles. The topological polar surface area (TPSA) is 111 Å². The Morgan fingerprint density at radius 1 is 1.10 bits per heavy atom. The highest BCUT2D eigenvalue weighted by molar-refractivity contribution is 7.99. The van der Waals surface area contributed by atoms with Crippen molar-refractivity contribution in [1.82, 2.24) is 19.2 Å². The number of aromatic nitrogens is 4. The van der Waals surface area contributed by atoms with Crippen molar-refractivity contribution < 1.29 is 19.4 Å². The normalized spacial score (nSPS) is 11.1. The van der Waals surface area contributed by atoms with Gasteiger partial charge in [0.15, 0.2) is 5.16 Å². The van der Waals surface area contributed by atoms with E-state index in [2.05, 4.69) is 15.5 Å². The number of para-hydroxylation sites is 2. The molecule has 154 valence electrons. The van der Waals surface area contributed by atoms with Crippen LogP contribution in [-0.4, -0.2) is 48.5 Å². The lowest BCUT2D eigenvalue weighted by Crippen LogP contribution is -2.14. The molecule has 0 unspecified atom stereocenters. The second-order valence-corrected chi connectivity index (χ2v) is 7.32. The van der Waals surface area contributed by atoms with Gasteiger partial charge in [-0.15, -0.1) is 10.2 Å². The van der Waals surface area contributed by atoms with Crippen molar-refractivity contribution in [1.29, 1.82) is 0 Å². The molecular formula is C20H19N5O4S. The maximum Gasteiger partial charge on any atom is 0.323 e. The largest absolute Gasteiger partial charge is 0.494 e. The van der Waals surface area contributed by atoms with Crippen LogP contribution in [0, 0.1) is 0 Å². The minimum atomic E-state index is -0.967. The number of imidazole rings is 1. The van der Waals surface area contributed by atoms with Gasteiger partial charge in [0.05, 0.1) is 23.4 Å². The first kappa shape index (κ1) is 19.8. The van der Waals surface area contributed by atoms with E-state index in [9.17, 15) is 14.7 Å². The number of thioether (sulfide) groups is 1. The summed E-state index contributed by atoms with van der Waals surface area (Å²) in [5.74, 6) is 0.147. The highest BCUT2D eigenvalue weighted by atomic mass is 32.2. The first-order valence-corrected chi connectivity index (χ1v) is 10.2. The number of carbonyl (C=O) groups excluding carboxylic acids is 1. The summed E-state index contributed by atoms with van der Waals surface area (Å²) < 4.78 is 8.75. The van der Waals surface area contributed by atoms with Crippen molar-refractivity contribution in [3.63, 3.8) is 0 Å². The van der Waals surface area contributed by atoms with Crippen LogP contribution in [0.1, 0.15) is 6.92 Å². The third-order valence-electron chi connectivity index (χ3n) is 4.35. The first-order chi connectivity index (χ1) is 14.6. The molecule has 0 aliphatic heterocycles. The van der Waals surface area contributed by atoms with E-state index in [1.807, 2.05) is 31.2 Å². The number of nitrogens with zero attached hydrogens (tertiary/aromatic N) is 4. The third-order valence-corrected chi connectivity index (χ3v) is 5.27. The Hall–Kier alpha value is -3.53. The quantitative estimate of drug-likeness (QED) is 0.418. The van der Waals surface area contributed by atoms with Crippen LogP contribution >= 0.6 is 11.8 Å². The number of hydrogen-bond donors (Lipinski definition) is 2. The van der Waals surface area contributed by atoms with Gasteiger partial charge in [-0.05, 0) is 43.3 Å². The summed E-state index contributed by atoms with van der Waals surface area (Å²) in [4.78, 5) is 23.6. The number of nitrogens with one attached hydrogen (secondary N) is 1. The molecular weight excluding hydrogens is 406 g/mol. The maximum atomic E-state index is 12.4. The van der Waals surface area contributed by atoms with Gasteiger partial charge in [-0.1, -0.05) is 23.9 Å². The average Bonchev–Trinajstić information content (AvgIpc) is 3.28. The molecule has 2 aromatic carbocycles. The van der Waals surface area contributed by atoms with Crippen LogP contribution in [-0.2, 0) is 16.1 Å². The molecule has 0 atom stereocenters. The fourth-order valence-electron chi connectivity index (χ4n) is 3.15. The van der Waals surface area contributed by atoms with Crippen molar-refractivity contribution in [3.8, 4) is 5.75 Å². The summed E-state index contributed by atoms with van der Waals surface area (Å²) in [5, 5.41) is 20.9. The van der Waals surface area contributed by atoms with Crippen LogP contribution in [0.5, 0.6) is 5.75 Å². The van der Waals surface area contributed by atoms with Crippen molar-refractivity contribution in [2.45, 2.75) is 18.6 Å². The summed E-state index contributed by atoms with van der Waals surface area (Å²) in [7, 11) is 0. The molecule has 4 rings (SSSR count). The van der Waals surface area contributed by atoms with Gasteiger partial charge in [-0.3, -0.25) is 18.6 Å². The van der Waals surface area contributed by atoms with Crippen molar-refractivity contribution in [2.75, 3.05) is 17.7 Å². The summed E-state index contributed by atoms with van der Waals surface area (Å²) in [6, 6.07) is 14.6. The highest BCUT2D eigenvalue weighted by Crippen LogP contribution is 2.26. The van der Waals surface area contributed by atoms with Crippen LogP contribution in [0.3, 0.4) is 0 Å². The molecule has 4 aromatic rings. The number of carbonyl (C=O) groups is 2. The van der Waals surface area contributed by atoms with E-state index in [4.69, 9.17) is 4.74 Å². The van der Waals surface area contributed by atoms with Gasteiger partial charge in [-0.2, -0.15) is 0 Å². The van der Waals surface area contributed by atoms with Crippen LogP contribution in [0.2, 0.25) is 0 Å². The standard InChI is InChI=1S/C20H19N5O4S/c1-2-29-14-9-7-13(8-10-14)21-17(26)12-30-20-23-22-19-24(11-18(27)28)15-5-3-4-6-16(15)25(19)20/h3-10H,2,11-12H2,1H3,(H,21,26)(H,27,28). The average molecular weight is 425 g/mol. The van der Waals surface area contributed by atoms with Gasteiger partial charge in [-0.25, -0.2) is 0 Å². The second kappa shape index (κ2) is 8.46. The highest BCUT2D eigenvalue weighted by Gasteiger charge is 2.19. The van der Waals surface area contributed by atoms with E-state index in [0.717, 1.165) is 16.8 Å². The molecule has 2 N–H and O–H groups in total. The van der Waals surface area contributed by atoms with Crippen LogP contribution in [0.25, 0.3) is 16.8 Å². The Labute approximate surface area is 175 Å². The molecule has 1 amide bonds. The van der Waals surface area contributed by atoms with E-state index in [1.54, 1.807) is 33.2 Å². The Morgan fingerprint density at radius 2 is 1.83 bits per heavy atom. The van der Waals surface area contributed by atoms with Crippen LogP contribution in [0.15, 0.2) is 53.7 Å². The third kappa shape index (κ3) is 3.94. The Morgan fingerprint density at radius 3 is 2.53 bits per heavy atom. The summed E-state index contributed by atoms with van der Waals surface area (Å²) in [6.45, 7) is 2.27. The zero-order chi connectivity index (χ0) is 21.1. The van der Waals surface area contributed by atoms with Gasteiger partial charge in [0, 0.05) is 5.69 Å². The molecule has 0 aliphatic rings. The van der Waals surface area contributed by atoms with Crippen LogP contribution in [0.4, 0.5) is 5.69 Å². The molecule has 30 heavy (non-hydrogen) atoms. The molecule has 0 bridgehead atoms. The van der Waals surface area contributed by atoms with Crippen molar-refractivity contribution in [3.05, 3.63) is 48.5 Å². The number of rotatable bonds is 8. The maximum absolute atomic E-state index is 12.4. The Balaban J connectivity index is 1.51. The zero-order valence-corrected chi connectivity index (χ0v) is 16.9. The first-order valence-electron chi connectivity index (χ1n) is 9.26. The predicted molar refractivity (Wildman–Crippen MR) is 113 cm³/mol. The lowest BCUT2D eigenvalue weighted by Gasteiger charge is -2.06. The number of ether oxygens (including phenoxy) is 1. The van der Waals surface area contributed by atoms with E-state index in [-0.39, 0.29) is 18.2 Å².